The van der Waals surface area contributed by atoms with Gasteiger partial charge in [-0.1, -0.05) is 18.7 Å². The summed E-state index contributed by atoms with van der Waals surface area (Å²) in [5.41, 5.74) is 5.53. The lowest BCUT2D eigenvalue weighted by Gasteiger charge is -2.22. The molecule has 38 heavy (non-hydrogen) atoms. The molecule has 4 rings (SSSR count). The lowest BCUT2D eigenvalue weighted by molar-refractivity contribution is -0.200. The highest BCUT2D eigenvalue weighted by Gasteiger charge is 2.18. The second-order valence-electron chi connectivity index (χ2n) is 9.18. The maximum atomic E-state index is 12.2. The van der Waals surface area contributed by atoms with E-state index >= 15 is 0 Å². The average molecular weight is 520 g/mol. The van der Waals surface area contributed by atoms with Crippen LogP contribution in [0, 0.1) is 6.92 Å². The van der Waals surface area contributed by atoms with E-state index in [1.807, 2.05) is 38.1 Å². The molecule has 0 saturated carbocycles. The number of amides is 2. The van der Waals surface area contributed by atoms with E-state index in [1.54, 1.807) is 12.1 Å². The van der Waals surface area contributed by atoms with Gasteiger partial charge >= 0.3 is 0 Å². The number of aromatic nitrogens is 2. The van der Waals surface area contributed by atoms with Crippen molar-refractivity contribution in [1.82, 2.24) is 15.4 Å². The zero-order chi connectivity index (χ0) is 26.9. The van der Waals surface area contributed by atoms with Crippen molar-refractivity contribution < 1.29 is 23.9 Å². The Morgan fingerprint density at radius 3 is 2.87 bits per heavy atom. The number of nitrogens with one attached hydrogen (secondary N) is 3. The number of ether oxygens (including phenoxy) is 2. The quantitative estimate of drug-likeness (QED) is 0.241. The summed E-state index contributed by atoms with van der Waals surface area (Å²) in [6.07, 6.45) is 5.31. The minimum atomic E-state index is -0.401. The number of carbonyl (C=O) groups excluding carboxylic acids is 2. The molecule has 1 aliphatic heterocycles. The van der Waals surface area contributed by atoms with Crippen LogP contribution in [0.25, 0.3) is 10.9 Å². The van der Waals surface area contributed by atoms with Gasteiger partial charge in [-0.25, -0.2) is 20.3 Å². The highest BCUT2D eigenvalue weighted by molar-refractivity contribution is 6.03. The van der Waals surface area contributed by atoms with Gasteiger partial charge in [-0.05, 0) is 62.9 Å². The molecule has 3 N–H and O–H groups in total. The van der Waals surface area contributed by atoms with Crippen LogP contribution in [0.5, 0.6) is 5.75 Å². The fourth-order valence-corrected chi connectivity index (χ4v) is 4.02. The van der Waals surface area contributed by atoms with Gasteiger partial charge in [0.15, 0.2) is 6.29 Å². The summed E-state index contributed by atoms with van der Waals surface area (Å²) < 4.78 is 11.6. The summed E-state index contributed by atoms with van der Waals surface area (Å²) in [5, 5.41) is 6.83. The standard InChI is InChI=1S/C28H33N5O5/c1-4-25(34)32-23-15-21-22(29-17-30-28(21)31-20-9-7-8-18(2)14-20)16-24(23)37-19(3)11-12-26(35)33-38-27-10-5-6-13-36-27/h4,7-9,14-17,19,27H,1,5-6,10-13H2,2-3H3,(H,32,34)(H,33,35)(H,29,30,31). The number of hydrogen-bond acceptors (Lipinski definition) is 8. The van der Waals surface area contributed by atoms with E-state index in [2.05, 4.69) is 32.7 Å². The molecule has 10 nitrogen and oxygen atoms in total. The number of benzene rings is 2. The van der Waals surface area contributed by atoms with Crippen LogP contribution in [0.2, 0.25) is 0 Å². The molecule has 0 spiro atoms. The Labute approximate surface area is 221 Å². The van der Waals surface area contributed by atoms with Crippen molar-refractivity contribution in [3.05, 3.63) is 60.9 Å². The maximum absolute atomic E-state index is 12.2. The van der Waals surface area contributed by atoms with Crippen molar-refractivity contribution in [2.24, 2.45) is 0 Å². The number of hydrogen-bond donors (Lipinski definition) is 3. The number of aryl methyl sites for hydroxylation is 1. The van der Waals surface area contributed by atoms with Crippen molar-refractivity contribution in [3.8, 4) is 5.75 Å². The molecule has 1 saturated heterocycles. The lowest BCUT2D eigenvalue weighted by atomic mass is 10.1. The number of fused-ring (bicyclic) bond motifs is 1. The number of hydroxylamine groups is 1. The molecule has 200 valence electrons. The van der Waals surface area contributed by atoms with Gasteiger partial charge < -0.3 is 20.1 Å². The van der Waals surface area contributed by atoms with Crippen LogP contribution in [0.4, 0.5) is 17.2 Å². The summed E-state index contributed by atoms with van der Waals surface area (Å²) in [6.45, 7) is 8.04. The lowest BCUT2D eigenvalue weighted by Crippen LogP contribution is -2.33. The summed E-state index contributed by atoms with van der Waals surface area (Å²) >= 11 is 0. The first-order valence-electron chi connectivity index (χ1n) is 12.7. The minimum absolute atomic E-state index is 0.197. The van der Waals surface area contributed by atoms with Crippen molar-refractivity contribution >= 4 is 39.9 Å². The predicted molar refractivity (Wildman–Crippen MR) is 145 cm³/mol. The normalized spacial score (nSPS) is 15.9. The van der Waals surface area contributed by atoms with Crippen LogP contribution in [-0.4, -0.2) is 40.8 Å². The van der Waals surface area contributed by atoms with E-state index in [0.29, 0.717) is 41.2 Å². The molecule has 3 aromatic rings. The average Bonchev–Trinajstić information content (AvgIpc) is 2.92. The fraction of sp³-hybridized carbons (Fsp3) is 0.357. The Hall–Kier alpha value is -4.02. The smallest absolute Gasteiger partial charge is 0.247 e. The van der Waals surface area contributed by atoms with Gasteiger partial charge in [0.1, 0.15) is 17.9 Å². The molecule has 1 fully saturated rings. The molecular formula is C28H33N5O5. The first-order chi connectivity index (χ1) is 18.4. The zero-order valence-corrected chi connectivity index (χ0v) is 21.7. The van der Waals surface area contributed by atoms with E-state index < -0.39 is 6.29 Å². The molecule has 2 amide bonds. The van der Waals surface area contributed by atoms with Gasteiger partial charge in [0, 0.05) is 36.6 Å². The second kappa shape index (κ2) is 13.0. The van der Waals surface area contributed by atoms with Crippen molar-refractivity contribution in [3.63, 3.8) is 0 Å². The van der Waals surface area contributed by atoms with Crippen LogP contribution in [-0.2, 0) is 19.2 Å². The summed E-state index contributed by atoms with van der Waals surface area (Å²) in [6, 6.07) is 11.4. The fourth-order valence-electron chi connectivity index (χ4n) is 4.02. The first kappa shape index (κ1) is 27.0. The summed E-state index contributed by atoms with van der Waals surface area (Å²) in [4.78, 5) is 38.6. The number of rotatable bonds is 11. The van der Waals surface area contributed by atoms with E-state index in [9.17, 15) is 9.59 Å². The predicted octanol–water partition coefficient (Wildman–Crippen LogP) is 4.93. The Kier molecular flexibility index (Phi) is 9.23. The Morgan fingerprint density at radius 2 is 2.11 bits per heavy atom. The monoisotopic (exact) mass is 519 g/mol. The number of carbonyl (C=O) groups is 2. The largest absolute Gasteiger partial charge is 0.488 e. The topological polar surface area (TPSA) is 124 Å². The van der Waals surface area contributed by atoms with E-state index in [4.69, 9.17) is 14.3 Å². The van der Waals surface area contributed by atoms with Gasteiger partial charge in [-0.2, -0.15) is 0 Å². The Bertz CT molecular complexity index is 1290. The minimum Gasteiger partial charge on any atom is -0.488 e. The van der Waals surface area contributed by atoms with Crippen LogP contribution in [0.15, 0.2) is 55.4 Å². The SMILES string of the molecule is C=CC(=O)Nc1cc2c(Nc3cccc(C)c3)ncnc2cc1OC(C)CCC(=O)NOC1CCCCO1. The molecular weight excluding hydrogens is 486 g/mol. The number of anilines is 3. The highest BCUT2D eigenvalue weighted by atomic mass is 16.8. The Balaban J connectivity index is 1.47. The van der Waals surface area contributed by atoms with E-state index in [1.165, 1.54) is 12.4 Å². The van der Waals surface area contributed by atoms with Crippen molar-refractivity contribution in [1.29, 1.82) is 0 Å². The third-order valence-electron chi connectivity index (χ3n) is 6.01. The van der Waals surface area contributed by atoms with Crippen LogP contribution >= 0.6 is 0 Å². The highest BCUT2D eigenvalue weighted by Crippen LogP contribution is 2.34. The van der Waals surface area contributed by atoms with Crippen molar-refractivity contribution in [2.45, 2.75) is 58.3 Å². The third kappa shape index (κ3) is 7.50. The van der Waals surface area contributed by atoms with Crippen LogP contribution in [0.3, 0.4) is 0 Å². The molecule has 10 heteroatoms. The first-order valence-corrected chi connectivity index (χ1v) is 12.7. The van der Waals surface area contributed by atoms with Gasteiger partial charge in [-0.15, -0.1) is 0 Å². The molecule has 1 aliphatic rings. The maximum Gasteiger partial charge on any atom is 0.247 e. The van der Waals surface area contributed by atoms with Crippen LogP contribution in [0.1, 0.15) is 44.6 Å². The molecule has 1 aromatic heterocycles. The second-order valence-corrected chi connectivity index (χ2v) is 9.18. The molecule has 2 heterocycles. The van der Waals surface area contributed by atoms with Crippen LogP contribution < -0.4 is 20.9 Å². The van der Waals surface area contributed by atoms with Gasteiger partial charge in [0.25, 0.3) is 0 Å². The number of nitrogens with zero attached hydrogens (tertiary/aromatic N) is 2. The van der Waals surface area contributed by atoms with E-state index in [0.717, 1.165) is 30.5 Å². The van der Waals surface area contributed by atoms with Crippen molar-refractivity contribution in [2.75, 3.05) is 17.2 Å². The zero-order valence-electron chi connectivity index (χ0n) is 21.7. The molecule has 0 radical (unpaired) electrons. The Morgan fingerprint density at radius 1 is 1.24 bits per heavy atom. The summed E-state index contributed by atoms with van der Waals surface area (Å²) in [7, 11) is 0. The van der Waals surface area contributed by atoms with E-state index in [-0.39, 0.29) is 24.3 Å². The van der Waals surface area contributed by atoms with Gasteiger partial charge in [0.05, 0.1) is 17.3 Å². The van der Waals surface area contributed by atoms with Gasteiger partial charge in [0.2, 0.25) is 11.8 Å². The molecule has 2 atom stereocenters. The molecule has 2 aromatic carbocycles. The third-order valence-corrected chi connectivity index (χ3v) is 6.01. The molecule has 2 unspecified atom stereocenters. The van der Waals surface area contributed by atoms with Gasteiger partial charge in [-0.3, -0.25) is 9.59 Å². The molecule has 0 aliphatic carbocycles. The molecule has 0 bridgehead atoms. The summed E-state index contributed by atoms with van der Waals surface area (Å²) in [5.74, 6) is 0.377.